The molecule has 0 heterocycles. The molecule has 0 saturated carbocycles. The molecule has 0 aliphatic carbocycles. The van der Waals surface area contributed by atoms with Gasteiger partial charge in [0.15, 0.2) is 5.84 Å². The number of nitrogens with two attached hydrogens (primary N) is 1. The van der Waals surface area contributed by atoms with Crippen molar-refractivity contribution >= 4 is 11.7 Å². The molecule has 1 unspecified atom stereocenters. The van der Waals surface area contributed by atoms with Gasteiger partial charge in [0.25, 0.3) is 0 Å². The van der Waals surface area contributed by atoms with Crippen molar-refractivity contribution in [1.29, 1.82) is 0 Å². The van der Waals surface area contributed by atoms with Gasteiger partial charge in [-0.05, 0) is 18.6 Å². The van der Waals surface area contributed by atoms with Gasteiger partial charge in [0.05, 0.1) is 19.1 Å². The highest BCUT2D eigenvalue weighted by Gasteiger charge is 2.14. The van der Waals surface area contributed by atoms with Crippen LogP contribution in [0.4, 0.5) is 0 Å². The maximum atomic E-state index is 11.6. The number of rotatable bonds is 7. The van der Waals surface area contributed by atoms with Crippen LogP contribution in [0.5, 0.6) is 5.75 Å². The van der Waals surface area contributed by atoms with Gasteiger partial charge in [-0.1, -0.05) is 30.3 Å². The molecule has 1 aromatic rings. The minimum absolute atomic E-state index is 0.000159. The molecule has 19 heavy (non-hydrogen) atoms. The van der Waals surface area contributed by atoms with E-state index in [0.717, 1.165) is 5.75 Å². The number of carbonyl (C=O) groups excluding carboxylic acids is 1. The summed E-state index contributed by atoms with van der Waals surface area (Å²) in [5.74, 6) is 0.521. The van der Waals surface area contributed by atoms with E-state index in [1.165, 1.54) is 0 Å². The van der Waals surface area contributed by atoms with Crippen LogP contribution in [-0.2, 0) is 4.79 Å². The Morgan fingerprint density at radius 2 is 2.16 bits per heavy atom. The number of benzene rings is 1. The maximum absolute atomic E-state index is 11.6. The molecular weight excluding hydrogens is 246 g/mol. The van der Waals surface area contributed by atoms with E-state index in [4.69, 9.17) is 15.7 Å². The highest BCUT2D eigenvalue weighted by molar-refractivity contribution is 5.89. The molecular formula is C13H19N3O3. The number of carbonyl (C=O) groups is 1. The maximum Gasteiger partial charge on any atom is 0.224 e. The van der Waals surface area contributed by atoms with E-state index in [2.05, 4.69) is 10.5 Å². The summed E-state index contributed by atoms with van der Waals surface area (Å²) in [5, 5.41) is 14.1. The number of nitrogens with one attached hydrogen (secondary N) is 1. The van der Waals surface area contributed by atoms with Gasteiger partial charge >= 0.3 is 0 Å². The van der Waals surface area contributed by atoms with E-state index >= 15 is 0 Å². The molecule has 0 aliphatic heterocycles. The van der Waals surface area contributed by atoms with Crippen LogP contribution < -0.4 is 15.8 Å². The summed E-state index contributed by atoms with van der Waals surface area (Å²) in [5.41, 5.74) is 5.45. The highest BCUT2D eigenvalue weighted by atomic mass is 16.5. The van der Waals surface area contributed by atoms with Crippen LogP contribution in [0.2, 0.25) is 0 Å². The van der Waals surface area contributed by atoms with Gasteiger partial charge in [-0.3, -0.25) is 4.79 Å². The molecule has 4 N–H and O–H groups in total. The first-order valence-corrected chi connectivity index (χ1v) is 6.12. The first kappa shape index (κ1) is 14.8. The van der Waals surface area contributed by atoms with Gasteiger partial charge in [-0.15, -0.1) is 0 Å². The van der Waals surface area contributed by atoms with Gasteiger partial charge in [-0.2, -0.15) is 0 Å². The fourth-order valence-corrected chi connectivity index (χ4v) is 1.50. The van der Waals surface area contributed by atoms with Crippen LogP contribution in [0.15, 0.2) is 35.5 Å². The zero-order chi connectivity index (χ0) is 14.1. The van der Waals surface area contributed by atoms with Crippen LogP contribution >= 0.6 is 0 Å². The molecule has 1 aromatic carbocycles. The number of oxime groups is 1. The predicted molar refractivity (Wildman–Crippen MR) is 72.2 cm³/mol. The number of hydrogen-bond donors (Lipinski definition) is 3. The monoisotopic (exact) mass is 265 g/mol. The molecule has 0 radical (unpaired) electrons. The molecule has 6 nitrogen and oxygen atoms in total. The zero-order valence-corrected chi connectivity index (χ0v) is 10.9. The third kappa shape index (κ3) is 5.29. The molecule has 0 aromatic heterocycles. The fourth-order valence-electron chi connectivity index (χ4n) is 1.50. The van der Waals surface area contributed by atoms with Crippen molar-refractivity contribution in [3.63, 3.8) is 0 Å². The molecule has 1 amide bonds. The van der Waals surface area contributed by atoms with Gasteiger partial charge in [0.1, 0.15) is 5.75 Å². The standard InChI is InChI=1S/C13H19N3O3/c1-2-11(13(14)16-18)15-12(17)8-9-19-10-6-4-3-5-7-10/h3-7,11,18H,2,8-9H2,1H3,(H2,14,16)(H,15,17). The van der Waals surface area contributed by atoms with E-state index in [0.29, 0.717) is 6.42 Å². The highest BCUT2D eigenvalue weighted by Crippen LogP contribution is 2.08. The van der Waals surface area contributed by atoms with Crippen molar-refractivity contribution < 1.29 is 14.7 Å². The molecule has 104 valence electrons. The van der Waals surface area contributed by atoms with Crippen molar-refractivity contribution in [3.8, 4) is 5.75 Å². The average molecular weight is 265 g/mol. The molecule has 0 aliphatic rings. The lowest BCUT2D eigenvalue weighted by molar-refractivity contribution is -0.121. The molecule has 0 bridgehead atoms. The Bertz CT molecular complexity index is 420. The fraction of sp³-hybridized carbons (Fsp3) is 0.385. The summed E-state index contributed by atoms with van der Waals surface area (Å²) in [6.07, 6.45) is 0.769. The summed E-state index contributed by atoms with van der Waals surface area (Å²) in [7, 11) is 0. The number of hydrogen-bond acceptors (Lipinski definition) is 4. The number of amides is 1. The predicted octanol–water partition coefficient (Wildman–Crippen LogP) is 1.10. The molecule has 1 atom stereocenters. The van der Waals surface area contributed by atoms with Gasteiger partial charge in [0.2, 0.25) is 5.91 Å². The Labute approximate surface area is 112 Å². The second kappa shape index (κ2) is 7.97. The summed E-state index contributed by atoms with van der Waals surface area (Å²) < 4.78 is 5.41. The Balaban J connectivity index is 2.31. The van der Waals surface area contributed by atoms with Crippen molar-refractivity contribution in [2.24, 2.45) is 10.9 Å². The molecule has 6 heteroatoms. The molecule has 0 spiro atoms. The van der Waals surface area contributed by atoms with Gasteiger partial charge < -0.3 is 21.0 Å². The average Bonchev–Trinajstić information content (AvgIpc) is 2.45. The summed E-state index contributed by atoms with van der Waals surface area (Å²) in [4.78, 5) is 11.6. The second-order valence-electron chi connectivity index (χ2n) is 3.96. The summed E-state index contributed by atoms with van der Waals surface area (Å²) in [6.45, 7) is 2.12. The number of nitrogens with zero attached hydrogens (tertiary/aromatic N) is 1. The zero-order valence-electron chi connectivity index (χ0n) is 10.9. The third-order valence-electron chi connectivity index (χ3n) is 2.56. The minimum atomic E-state index is -0.450. The van der Waals surface area contributed by atoms with Crippen molar-refractivity contribution in [2.75, 3.05) is 6.61 Å². The van der Waals surface area contributed by atoms with Gasteiger partial charge in [0, 0.05) is 0 Å². The van der Waals surface area contributed by atoms with E-state index in [1.54, 1.807) is 0 Å². The summed E-state index contributed by atoms with van der Waals surface area (Å²) in [6, 6.07) is 8.81. The summed E-state index contributed by atoms with van der Waals surface area (Å²) >= 11 is 0. The minimum Gasteiger partial charge on any atom is -0.493 e. The number of ether oxygens (including phenoxy) is 1. The number of amidine groups is 1. The Morgan fingerprint density at radius 1 is 1.47 bits per heavy atom. The number of para-hydroxylation sites is 1. The lowest BCUT2D eigenvalue weighted by atomic mass is 10.2. The van der Waals surface area contributed by atoms with E-state index in [-0.39, 0.29) is 24.8 Å². The smallest absolute Gasteiger partial charge is 0.224 e. The molecule has 0 saturated heterocycles. The van der Waals surface area contributed by atoms with Gasteiger partial charge in [-0.25, -0.2) is 0 Å². The van der Waals surface area contributed by atoms with Crippen LogP contribution in [0.1, 0.15) is 19.8 Å². The first-order chi connectivity index (χ1) is 9.17. The van der Waals surface area contributed by atoms with E-state index < -0.39 is 6.04 Å². The Kier molecular flexibility index (Phi) is 6.21. The topological polar surface area (TPSA) is 96.9 Å². The van der Waals surface area contributed by atoms with E-state index in [1.807, 2.05) is 37.3 Å². The van der Waals surface area contributed by atoms with Crippen LogP contribution in [0, 0.1) is 0 Å². The quantitative estimate of drug-likeness (QED) is 0.297. The first-order valence-electron chi connectivity index (χ1n) is 6.12. The van der Waals surface area contributed by atoms with Crippen LogP contribution in [0.3, 0.4) is 0 Å². The Morgan fingerprint density at radius 3 is 2.74 bits per heavy atom. The normalized spacial score (nSPS) is 12.8. The third-order valence-corrected chi connectivity index (χ3v) is 2.56. The van der Waals surface area contributed by atoms with Crippen molar-refractivity contribution in [3.05, 3.63) is 30.3 Å². The lowest BCUT2D eigenvalue weighted by Gasteiger charge is -2.15. The Hall–Kier alpha value is -2.24. The molecule has 0 fully saturated rings. The van der Waals surface area contributed by atoms with Crippen molar-refractivity contribution in [2.45, 2.75) is 25.8 Å². The SMILES string of the molecule is CCC(NC(=O)CCOc1ccccc1)/C(N)=N/O. The lowest BCUT2D eigenvalue weighted by Crippen LogP contribution is -2.44. The van der Waals surface area contributed by atoms with E-state index in [9.17, 15) is 4.79 Å². The van der Waals surface area contributed by atoms with Crippen LogP contribution in [0.25, 0.3) is 0 Å². The second-order valence-corrected chi connectivity index (χ2v) is 3.96. The molecule has 1 rings (SSSR count). The largest absolute Gasteiger partial charge is 0.493 e. The van der Waals surface area contributed by atoms with Crippen LogP contribution in [-0.4, -0.2) is 29.6 Å². The van der Waals surface area contributed by atoms with Crippen molar-refractivity contribution in [1.82, 2.24) is 5.32 Å².